The minimum atomic E-state index is 0.0409. The molecule has 94 valence electrons. The highest BCUT2D eigenvalue weighted by Gasteiger charge is 2.18. The van der Waals surface area contributed by atoms with E-state index in [9.17, 15) is 4.79 Å². The second-order valence-electron chi connectivity index (χ2n) is 4.69. The molecule has 0 radical (unpaired) electrons. The molecule has 18 heavy (non-hydrogen) atoms. The van der Waals surface area contributed by atoms with Crippen molar-refractivity contribution < 1.29 is 0 Å². The molecule has 1 aromatic carbocycles. The minimum absolute atomic E-state index is 0.0409. The van der Waals surface area contributed by atoms with E-state index < -0.39 is 0 Å². The molecule has 0 amide bonds. The third kappa shape index (κ3) is 2.72. The number of hydrogen-bond donors (Lipinski definition) is 0. The van der Waals surface area contributed by atoms with E-state index in [-0.39, 0.29) is 11.6 Å². The van der Waals surface area contributed by atoms with Gasteiger partial charge in [0.1, 0.15) is 0 Å². The lowest BCUT2D eigenvalue weighted by Crippen LogP contribution is -2.27. The smallest absolute Gasteiger partial charge is 0.251 e. The molecule has 2 aromatic rings. The zero-order chi connectivity index (χ0) is 13.1. The van der Waals surface area contributed by atoms with Gasteiger partial charge in [0.15, 0.2) is 0 Å². The van der Waals surface area contributed by atoms with Crippen LogP contribution in [0, 0.1) is 5.92 Å². The van der Waals surface area contributed by atoms with Gasteiger partial charge in [-0.05, 0) is 29.7 Å². The molecule has 2 nitrogen and oxygen atoms in total. The highest BCUT2D eigenvalue weighted by Crippen LogP contribution is 2.26. The fourth-order valence-electron chi connectivity index (χ4n) is 2.20. The molecule has 0 saturated carbocycles. The average molecular weight is 306 g/mol. The first-order valence-corrected chi connectivity index (χ1v) is 6.81. The molecular formula is C15H16BrNO. The van der Waals surface area contributed by atoms with Crippen LogP contribution in [0.5, 0.6) is 0 Å². The van der Waals surface area contributed by atoms with Gasteiger partial charge in [-0.3, -0.25) is 4.79 Å². The molecule has 1 aromatic heterocycles. The first-order chi connectivity index (χ1) is 8.59. The maximum absolute atomic E-state index is 12.0. The van der Waals surface area contributed by atoms with Crippen molar-refractivity contribution in [3.05, 3.63) is 69.1 Å². The normalized spacial score (nSPS) is 12.7. The summed E-state index contributed by atoms with van der Waals surface area (Å²) in [5.41, 5.74) is 1.20. The molecular weight excluding hydrogens is 290 g/mol. The molecule has 1 heterocycles. The second-order valence-corrected chi connectivity index (χ2v) is 5.60. The van der Waals surface area contributed by atoms with Gasteiger partial charge in [0.25, 0.3) is 5.56 Å². The lowest BCUT2D eigenvalue weighted by molar-refractivity contribution is 0.426. The summed E-state index contributed by atoms with van der Waals surface area (Å²) in [6.07, 6.45) is 1.86. The Balaban J connectivity index is 2.50. The van der Waals surface area contributed by atoms with Crippen LogP contribution in [0.25, 0.3) is 0 Å². The first kappa shape index (κ1) is 13.1. The van der Waals surface area contributed by atoms with Crippen LogP contribution in [0.3, 0.4) is 0 Å². The van der Waals surface area contributed by atoms with Gasteiger partial charge in [0.05, 0.1) is 6.04 Å². The third-order valence-electron chi connectivity index (χ3n) is 2.99. The van der Waals surface area contributed by atoms with Crippen LogP contribution in [-0.4, -0.2) is 4.57 Å². The lowest BCUT2D eigenvalue weighted by Gasteiger charge is -2.24. The Bertz CT molecular complexity index is 572. The molecule has 0 fully saturated rings. The van der Waals surface area contributed by atoms with Crippen LogP contribution in [0.15, 0.2) is 57.9 Å². The van der Waals surface area contributed by atoms with E-state index in [0.29, 0.717) is 5.92 Å². The number of hydrogen-bond acceptors (Lipinski definition) is 1. The first-order valence-electron chi connectivity index (χ1n) is 6.02. The van der Waals surface area contributed by atoms with Crippen LogP contribution >= 0.6 is 15.9 Å². The van der Waals surface area contributed by atoms with Gasteiger partial charge < -0.3 is 4.57 Å². The topological polar surface area (TPSA) is 22.0 Å². The molecule has 0 N–H and O–H groups in total. The van der Waals surface area contributed by atoms with Gasteiger partial charge in [-0.2, -0.15) is 0 Å². The van der Waals surface area contributed by atoms with E-state index in [1.165, 1.54) is 0 Å². The lowest BCUT2D eigenvalue weighted by atomic mass is 9.95. The quantitative estimate of drug-likeness (QED) is 0.844. The van der Waals surface area contributed by atoms with Gasteiger partial charge in [-0.25, -0.2) is 0 Å². The van der Waals surface area contributed by atoms with Gasteiger partial charge in [0.2, 0.25) is 0 Å². The molecule has 0 saturated heterocycles. The highest BCUT2D eigenvalue weighted by atomic mass is 79.9. The standard InChI is InChI=1S/C15H16BrNO/c1-11(2)15(12-6-8-13(16)9-7-12)17-10-4-3-5-14(17)18/h3-11,15H,1-2H3. The largest absolute Gasteiger partial charge is 0.308 e. The Kier molecular flexibility index (Phi) is 4.02. The maximum atomic E-state index is 12.0. The van der Waals surface area contributed by atoms with Crippen LogP contribution in [0.4, 0.5) is 0 Å². The van der Waals surface area contributed by atoms with Crippen molar-refractivity contribution in [2.45, 2.75) is 19.9 Å². The Hall–Kier alpha value is -1.35. The van der Waals surface area contributed by atoms with Crippen LogP contribution in [0.2, 0.25) is 0 Å². The molecule has 2 rings (SSSR count). The fraction of sp³-hybridized carbons (Fsp3) is 0.267. The Morgan fingerprint density at radius 3 is 2.28 bits per heavy atom. The number of benzene rings is 1. The van der Waals surface area contributed by atoms with Crippen molar-refractivity contribution in [1.29, 1.82) is 0 Å². The van der Waals surface area contributed by atoms with E-state index in [0.717, 1.165) is 10.0 Å². The predicted molar refractivity (Wildman–Crippen MR) is 77.8 cm³/mol. The Morgan fingerprint density at radius 2 is 1.72 bits per heavy atom. The van der Waals surface area contributed by atoms with Crippen LogP contribution in [0.1, 0.15) is 25.5 Å². The molecule has 0 aliphatic heterocycles. The summed E-state index contributed by atoms with van der Waals surface area (Å²) < 4.78 is 2.85. The van der Waals surface area contributed by atoms with E-state index in [1.54, 1.807) is 16.7 Å². The number of nitrogens with zero attached hydrogens (tertiary/aromatic N) is 1. The number of aromatic nitrogens is 1. The summed E-state index contributed by atoms with van der Waals surface area (Å²) in [6.45, 7) is 4.26. The number of rotatable bonds is 3. The number of pyridine rings is 1. The number of halogens is 1. The van der Waals surface area contributed by atoms with Crippen molar-refractivity contribution in [2.75, 3.05) is 0 Å². The second kappa shape index (κ2) is 5.53. The summed E-state index contributed by atoms with van der Waals surface area (Å²) in [6, 6.07) is 13.5. The van der Waals surface area contributed by atoms with Crippen molar-refractivity contribution in [3.63, 3.8) is 0 Å². The van der Waals surface area contributed by atoms with E-state index in [2.05, 4.69) is 41.9 Å². The van der Waals surface area contributed by atoms with Crippen LogP contribution < -0.4 is 5.56 Å². The SMILES string of the molecule is CC(C)C(c1ccc(Br)cc1)n1ccccc1=O. The highest BCUT2D eigenvalue weighted by molar-refractivity contribution is 9.10. The summed E-state index contributed by atoms with van der Waals surface area (Å²) in [5, 5.41) is 0. The third-order valence-corrected chi connectivity index (χ3v) is 3.52. The molecule has 0 spiro atoms. The van der Waals surface area contributed by atoms with E-state index in [1.807, 2.05) is 24.4 Å². The maximum Gasteiger partial charge on any atom is 0.251 e. The molecule has 0 aliphatic rings. The van der Waals surface area contributed by atoms with Crippen LogP contribution in [-0.2, 0) is 0 Å². The predicted octanol–water partition coefficient (Wildman–Crippen LogP) is 3.86. The van der Waals surface area contributed by atoms with E-state index in [4.69, 9.17) is 0 Å². The molecule has 3 heteroatoms. The minimum Gasteiger partial charge on any atom is -0.308 e. The summed E-state index contributed by atoms with van der Waals surface area (Å²) in [7, 11) is 0. The van der Waals surface area contributed by atoms with Crippen molar-refractivity contribution in [3.8, 4) is 0 Å². The Labute approximate surface area is 115 Å². The zero-order valence-electron chi connectivity index (χ0n) is 10.5. The van der Waals surface area contributed by atoms with Crippen molar-refractivity contribution >= 4 is 15.9 Å². The zero-order valence-corrected chi connectivity index (χ0v) is 12.1. The fourth-order valence-corrected chi connectivity index (χ4v) is 2.46. The molecule has 1 atom stereocenters. The molecule has 0 aliphatic carbocycles. The molecule has 1 unspecified atom stereocenters. The Morgan fingerprint density at radius 1 is 1.06 bits per heavy atom. The molecule has 0 bridgehead atoms. The summed E-state index contributed by atoms with van der Waals surface area (Å²) in [5.74, 6) is 0.353. The van der Waals surface area contributed by atoms with Gasteiger partial charge in [-0.1, -0.05) is 48.0 Å². The average Bonchev–Trinajstić information content (AvgIpc) is 2.34. The summed E-state index contributed by atoms with van der Waals surface area (Å²) >= 11 is 3.43. The van der Waals surface area contributed by atoms with E-state index >= 15 is 0 Å². The van der Waals surface area contributed by atoms with Gasteiger partial charge in [-0.15, -0.1) is 0 Å². The van der Waals surface area contributed by atoms with Gasteiger partial charge in [0, 0.05) is 16.7 Å². The monoisotopic (exact) mass is 305 g/mol. The van der Waals surface area contributed by atoms with Gasteiger partial charge >= 0.3 is 0 Å². The summed E-state index contributed by atoms with van der Waals surface area (Å²) in [4.78, 5) is 12.0. The van der Waals surface area contributed by atoms with Crippen molar-refractivity contribution in [2.24, 2.45) is 5.92 Å². The van der Waals surface area contributed by atoms with Crippen molar-refractivity contribution in [1.82, 2.24) is 4.57 Å².